The van der Waals surface area contributed by atoms with Crippen LogP contribution in [0.2, 0.25) is 0 Å². The van der Waals surface area contributed by atoms with Crippen LogP contribution in [0.4, 0.5) is 5.69 Å². The second-order valence-corrected chi connectivity index (χ2v) is 6.74. The number of sulfone groups is 1. The fourth-order valence-electron chi connectivity index (χ4n) is 1.87. The van der Waals surface area contributed by atoms with Crippen LogP contribution in [0.25, 0.3) is 0 Å². The van der Waals surface area contributed by atoms with E-state index in [-0.39, 0.29) is 10.7 Å². The smallest absolute Gasteiger partial charge is 0.239 e. The predicted molar refractivity (Wildman–Crippen MR) is 83.6 cm³/mol. The van der Waals surface area contributed by atoms with Crippen LogP contribution in [0.15, 0.2) is 59.5 Å². The molecule has 0 fully saturated rings. The molecule has 2 aromatic rings. The van der Waals surface area contributed by atoms with Crippen molar-refractivity contribution in [2.45, 2.75) is 11.8 Å². The maximum absolute atomic E-state index is 12.1. The lowest BCUT2D eigenvalue weighted by Crippen LogP contribution is -2.23. The molecule has 0 aromatic heterocycles. The van der Waals surface area contributed by atoms with E-state index in [0.717, 1.165) is 0 Å². The largest absolute Gasteiger partial charge is 0.325 e. The van der Waals surface area contributed by atoms with Crippen LogP contribution < -0.4 is 5.32 Å². The minimum absolute atomic E-state index is 0.0791. The summed E-state index contributed by atoms with van der Waals surface area (Å²) >= 11 is 0. The second kappa shape index (κ2) is 6.53. The molecule has 2 rings (SSSR count). The molecule has 0 aliphatic carbocycles. The molecule has 0 saturated heterocycles. The summed E-state index contributed by atoms with van der Waals surface area (Å²) in [6.07, 6.45) is 0. The van der Waals surface area contributed by atoms with Crippen LogP contribution >= 0.6 is 0 Å². The lowest BCUT2D eigenvalue weighted by atomic mass is 10.1. The van der Waals surface area contributed by atoms with Gasteiger partial charge in [0.1, 0.15) is 5.75 Å². The van der Waals surface area contributed by atoms with Gasteiger partial charge in [-0.3, -0.25) is 9.59 Å². The molecule has 1 amide bonds. The standard InChI is InChI=1S/C16H15NO4S/c1-12(18)13-7-9-14(10-8-13)17-16(19)11-22(20,21)15-5-3-2-4-6-15/h2-10H,11H2,1H3,(H,17,19). The van der Waals surface area contributed by atoms with Crippen LogP contribution in [0.1, 0.15) is 17.3 Å². The highest BCUT2D eigenvalue weighted by Crippen LogP contribution is 2.13. The molecule has 5 nitrogen and oxygen atoms in total. The van der Waals surface area contributed by atoms with Gasteiger partial charge in [-0.2, -0.15) is 0 Å². The van der Waals surface area contributed by atoms with E-state index in [1.165, 1.54) is 19.1 Å². The molecule has 22 heavy (non-hydrogen) atoms. The molecule has 0 atom stereocenters. The normalized spacial score (nSPS) is 11.0. The van der Waals surface area contributed by atoms with Gasteiger partial charge in [-0.15, -0.1) is 0 Å². The summed E-state index contributed by atoms with van der Waals surface area (Å²) in [7, 11) is -3.67. The summed E-state index contributed by atoms with van der Waals surface area (Å²) < 4.78 is 24.1. The summed E-state index contributed by atoms with van der Waals surface area (Å²) in [6, 6.07) is 14.1. The van der Waals surface area contributed by atoms with E-state index in [1.54, 1.807) is 42.5 Å². The van der Waals surface area contributed by atoms with Gasteiger partial charge in [-0.25, -0.2) is 8.42 Å². The van der Waals surface area contributed by atoms with Crippen LogP contribution in [-0.4, -0.2) is 25.9 Å². The fourth-order valence-corrected chi connectivity index (χ4v) is 3.02. The van der Waals surface area contributed by atoms with E-state index in [1.807, 2.05) is 0 Å². The van der Waals surface area contributed by atoms with E-state index >= 15 is 0 Å². The van der Waals surface area contributed by atoms with E-state index in [4.69, 9.17) is 0 Å². The summed E-state index contributed by atoms with van der Waals surface area (Å²) in [5.41, 5.74) is 0.966. The van der Waals surface area contributed by atoms with E-state index in [0.29, 0.717) is 11.3 Å². The highest BCUT2D eigenvalue weighted by Gasteiger charge is 2.19. The highest BCUT2D eigenvalue weighted by molar-refractivity contribution is 7.92. The van der Waals surface area contributed by atoms with Crippen molar-refractivity contribution in [1.29, 1.82) is 0 Å². The molecule has 2 aromatic carbocycles. The molecule has 1 N–H and O–H groups in total. The van der Waals surface area contributed by atoms with Crippen LogP contribution in [-0.2, 0) is 14.6 Å². The van der Waals surface area contributed by atoms with Crippen molar-refractivity contribution < 1.29 is 18.0 Å². The Bertz CT molecular complexity index is 781. The molecule has 0 unspecified atom stereocenters. The number of hydrogen-bond donors (Lipinski definition) is 1. The minimum Gasteiger partial charge on any atom is -0.325 e. The zero-order chi connectivity index (χ0) is 16.2. The van der Waals surface area contributed by atoms with Gasteiger partial charge in [0.25, 0.3) is 0 Å². The number of nitrogens with one attached hydrogen (secondary N) is 1. The number of carbonyl (C=O) groups is 2. The van der Waals surface area contributed by atoms with Crippen molar-refractivity contribution >= 4 is 27.2 Å². The third-order valence-corrected chi connectivity index (χ3v) is 4.63. The molecule has 0 aliphatic rings. The highest BCUT2D eigenvalue weighted by atomic mass is 32.2. The Morgan fingerprint density at radius 1 is 0.955 bits per heavy atom. The third kappa shape index (κ3) is 4.02. The van der Waals surface area contributed by atoms with Gasteiger partial charge >= 0.3 is 0 Å². The first kappa shape index (κ1) is 15.9. The molecule has 114 valence electrons. The lowest BCUT2D eigenvalue weighted by molar-refractivity contribution is -0.113. The van der Waals surface area contributed by atoms with Gasteiger partial charge in [0.2, 0.25) is 5.91 Å². The Hall–Kier alpha value is -2.47. The van der Waals surface area contributed by atoms with Gasteiger partial charge in [0.05, 0.1) is 4.90 Å². The minimum atomic E-state index is -3.67. The number of hydrogen-bond acceptors (Lipinski definition) is 4. The molecular formula is C16H15NO4S. The maximum Gasteiger partial charge on any atom is 0.239 e. The van der Waals surface area contributed by atoms with Crippen molar-refractivity contribution in [3.05, 3.63) is 60.2 Å². The number of carbonyl (C=O) groups excluding carboxylic acids is 2. The molecule has 0 aliphatic heterocycles. The summed E-state index contributed by atoms with van der Waals surface area (Å²) in [5.74, 6) is -1.34. The first-order chi connectivity index (χ1) is 10.4. The van der Waals surface area contributed by atoms with E-state index in [2.05, 4.69) is 5.32 Å². The van der Waals surface area contributed by atoms with Crippen LogP contribution in [0.5, 0.6) is 0 Å². The molecule has 0 bridgehead atoms. The average molecular weight is 317 g/mol. The summed E-state index contributed by atoms with van der Waals surface area (Å²) in [5, 5.41) is 2.50. The molecule has 0 spiro atoms. The fraction of sp³-hybridized carbons (Fsp3) is 0.125. The zero-order valence-electron chi connectivity index (χ0n) is 11.9. The first-order valence-corrected chi connectivity index (χ1v) is 8.22. The zero-order valence-corrected chi connectivity index (χ0v) is 12.8. The number of rotatable bonds is 5. The lowest BCUT2D eigenvalue weighted by Gasteiger charge is -2.07. The van der Waals surface area contributed by atoms with Crippen molar-refractivity contribution in [1.82, 2.24) is 0 Å². The van der Waals surface area contributed by atoms with E-state index < -0.39 is 21.5 Å². The topological polar surface area (TPSA) is 80.3 Å². The van der Waals surface area contributed by atoms with E-state index in [9.17, 15) is 18.0 Å². The number of benzene rings is 2. The summed E-state index contributed by atoms with van der Waals surface area (Å²) in [4.78, 5) is 23.1. The Labute approximate surface area is 128 Å². The Kier molecular flexibility index (Phi) is 4.72. The van der Waals surface area contributed by atoms with Crippen LogP contribution in [0.3, 0.4) is 0 Å². The molecule has 6 heteroatoms. The number of Topliss-reactive ketones (excluding diaryl/α,β-unsaturated/α-hetero) is 1. The summed E-state index contributed by atoms with van der Waals surface area (Å²) in [6.45, 7) is 1.44. The average Bonchev–Trinajstić information content (AvgIpc) is 2.48. The Morgan fingerprint density at radius 2 is 1.55 bits per heavy atom. The number of ketones is 1. The molecule has 0 saturated carbocycles. The first-order valence-electron chi connectivity index (χ1n) is 6.57. The second-order valence-electron chi connectivity index (χ2n) is 4.75. The van der Waals surface area contributed by atoms with Crippen molar-refractivity contribution in [2.24, 2.45) is 0 Å². The van der Waals surface area contributed by atoms with Crippen molar-refractivity contribution in [3.8, 4) is 0 Å². The Balaban J connectivity index is 2.05. The third-order valence-electron chi connectivity index (χ3n) is 3.00. The Morgan fingerprint density at radius 3 is 2.09 bits per heavy atom. The van der Waals surface area contributed by atoms with Gasteiger partial charge in [0.15, 0.2) is 15.6 Å². The molecular weight excluding hydrogens is 302 g/mol. The van der Waals surface area contributed by atoms with Crippen LogP contribution in [0, 0.1) is 0 Å². The molecule has 0 heterocycles. The SMILES string of the molecule is CC(=O)c1ccc(NC(=O)CS(=O)(=O)c2ccccc2)cc1. The predicted octanol–water partition coefficient (Wildman–Crippen LogP) is 2.30. The van der Waals surface area contributed by atoms with Gasteiger partial charge < -0.3 is 5.32 Å². The quantitative estimate of drug-likeness (QED) is 0.858. The van der Waals surface area contributed by atoms with Gasteiger partial charge in [-0.05, 0) is 43.3 Å². The van der Waals surface area contributed by atoms with Gasteiger partial charge in [0, 0.05) is 11.3 Å². The number of amides is 1. The van der Waals surface area contributed by atoms with Crippen molar-refractivity contribution in [3.63, 3.8) is 0 Å². The van der Waals surface area contributed by atoms with Gasteiger partial charge in [-0.1, -0.05) is 18.2 Å². The number of anilines is 1. The monoisotopic (exact) mass is 317 g/mol. The van der Waals surface area contributed by atoms with Crippen molar-refractivity contribution in [2.75, 3.05) is 11.1 Å². The maximum atomic E-state index is 12.1. The molecule has 0 radical (unpaired) electrons.